The monoisotopic (exact) mass is 233 g/mol. The molecule has 6 heteroatoms. The summed E-state index contributed by atoms with van der Waals surface area (Å²) in [5.41, 5.74) is 6.48. The van der Waals surface area contributed by atoms with Crippen molar-refractivity contribution in [2.45, 2.75) is 0 Å². The lowest BCUT2D eigenvalue weighted by Gasteiger charge is -2.04. The van der Waals surface area contributed by atoms with Crippen molar-refractivity contribution in [2.75, 3.05) is 5.73 Å². The lowest BCUT2D eigenvalue weighted by atomic mass is 10.1. The highest BCUT2D eigenvalue weighted by atomic mass is 19.1. The van der Waals surface area contributed by atoms with Gasteiger partial charge in [-0.05, 0) is 17.7 Å². The number of nitrogens with two attached hydrogens (primary N) is 1. The Balaban J connectivity index is 2.54. The molecule has 0 fully saturated rings. The zero-order chi connectivity index (χ0) is 12.4. The van der Waals surface area contributed by atoms with Crippen LogP contribution in [0.1, 0.15) is 0 Å². The number of rotatable bonds is 2. The normalized spacial score (nSPS) is 10.2. The molecule has 2 rings (SSSR count). The average Bonchev–Trinajstić information content (AvgIpc) is 2.31. The van der Waals surface area contributed by atoms with Gasteiger partial charge in [0.05, 0.1) is 4.92 Å². The third-order valence-corrected chi connectivity index (χ3v) is 2.27. The number of pyridine rings is 1. The summed E-state index contributed by atoms with van der Waals surface area (Å²) in [4.78, 5) is 13.8. The second kappa shape index (κ2) is 4.17. The highest BCUT2D eigenvalue weighted by Gasteiger charge is 2.11. The molecule has 0 aliphatic heterocycles. The first kappa shape index (κ1) is 11.0. The summed E-state index contributed by atoms with van der Waals surface area (Å²) >= 11 is 0. The van der Waals surface area contributed by atoms with Gasteiger partial charge >= 0.3 is 0 Å². The van der Waals surface area contributed by atoms with Crippen molar-refractivity contribution < 1.29 is 9.31 Å². The van der Waals surface area contributed by atoms with Crippen LogP contribution in [0, 0.1) is 15.9 Å². The van der Waals surface area contributed by atoms with Gasteiger partial charge in [0.1, 0.15) is 17.8 Å². The second-order valence-corrected chi connectivity index (χ2v) is 3.39. The number of nitrogen functional groups attached to an aromatic ring is 1. The van der Waals surface area contributed by atoms with Gasteiger partial charge < -0.3 is 5.73 Å². The fraction of sp³-hybridized carbons (Fsp3) is 0. The largest absolute Gasteiger partial charge is 0.383 e. The molecule has 5 nitrogen and oxygen atoms in total. The van der Waals surface area contributed by atoms with Crippen molar-refractivity contribution in [2.24, 2.45) is 0 Å². The Morgan fingerprint density at radius 1 is 1.29 bits per heavy atom. The maximum atomic E-state index is 12.8. The molecule has 2 aromatic rings. The molecule has 0 unspecified atom stereocenters. The van der Waals surface area contributed by atoms with E-state index in [4.69, 9.17) is 5.73 Å². The first-order chi connectivity index (χ1) is 8.08. The minimum Gasteiger partial charge on any atom is -0.383 e. The third kappa shape index (κ3) is 2.20. The van der Waals surface area contributed by atoms with Gasteiger partial charge in [-0.2, -0.15) is 0 Å². The number of hydrogen-bond donors (Lipinski definition) is 1. The van der Waals surface area contributed by atoms with Crippen LogP contribution in [0.4, 0.5) is 15.9 Å². The number of benzene rings is 1. The highest BCUT2D eigenvalue weighted by molar-refractivity contribution is 5.75. The Labute approximate surface area is 95.9 Å². The second-order valence-electron chi connectivity index (χ2n) is 3.39. The number of aromatic nitrogens is 1. The van der Waals surface area contributed by atoms with Gasteiger partial charge in [-0.25, -0.2) is 9.37 Å². The molecule has 0 atom stereocenters. The predicted octanol–water partition coefficient (Wildman–Crippen LogP) is 2.38. The van der Waals surface area contributed by atoms with E-state index in [9.17, 15) is 14.5 Å². The Morgan fingerprint density at radius 2 is 1.94 bits per heavy atom. The van der Waals surface area contributed by atoms with E-state index in [2.05, 4.69) is 4.98 Å². The van der Waals surface area contributed by atoms with Crippen LogP contribution < -0.4 is 5.73 Å². The molecule has 0 radical (unpaired) electrons. The van der Waals surface area contributed by atoms with Crippen molar-refractivity contribution in [1.82, 2.24) is 4.98 Å². The quantitative estimate of drug-likeness (QED) is 0.637. The van der Waals surface area contributed by atoms with E-state index in [1.165, 1.54) is 30.3 Å². The van der Waals surface area contributed by atoms with Crippen LogP contribution in [0.25, 0.3) is 11.1 Å². The summed E-state index contributed by atoms with van der Waals surface area (Å²) in [7, 11) is 0. The molecule has 0 aliphatic carbocycles. The predicted molar refractivity (Wildman–Crippen MR) is 60.7 cm³/mol. The van der Waals surface area contributed by atoms with Crippen LogP contribution in [0.2, 0.25) is 0 Å². The highest BCUT2D eigenvalue weighted by Crippen LogP contribution is 2.27. The SMILES string of the molecule is Nc1ncc([N+](=O)[O-])cc1-c1ccc(F)cc1. The van der Waals surface area contributed by atoms with E-state index in [1.807, 2.05) is 0 Å². The Morgan fingerprint density at radius 3 is 2.53 bits per heavy atom. The molecule has 1 aromatic carbocycles. The van der Waals surface area contributed by atoms with Crippen molar-refractivity contribution in [3.8, 4) is 11.1 Å². The Hall–Kier alpha value is -2.50. The van der Waals surface area contributed by atoms with E-state index in [-0.39, 0.29) is 17.3 Å². The molecule has 17 heavy (non-hydrogen) atoms. The van der Waals surface area contributed by atoms with Crippen LogP contribution in [0.3, 0.4) is 0 Å². The number of anilines is 1. The van der Waals surface area contributed by atoms with Crippen LogP contribution >= 0.6 is 0 Å². The summed E-state index contributed by atoms with van der Waals surface area (Å²) in [6.45, 7) is 0. The van der Waals surface area contributed by atoms with Gasteiger partial charge in [0.25, 0.3) is 5.69 Å². The zero-order valence-corrected chi connectivity index (χ0v) is 8.63. The summed E-state index contributed by atoms with van der Waals surface area (Å²) < 4.78 is 12.8. The van der Waals surface area contributed by atoms with E-state index in [1.54, 1.807) is 0 Å². The fourth-order valence-electron chi connectivity index (χ4n) is 1.42. The molecule has 0 bridgehead atoms. The molecular weight excluding hydrogens is 225 g/mol. The van der Waals surface area contributed by atoms with Gasteiger partial charge in [-0.3, -0.25) is 10.1 Å². The van der Waals surface area contributed by atoms with Gasteiger partial charge in [-0.1, -0.05) is 12.1 Å². The fourth-order valence-corrected chi connectivity index (χ4v) is 1.42. The molecule has 2 N–H and O–H groups in total. The number of halogens is 1. The maximum absolute atomic E-state index is 12.8. The number of nitro groups is 1. The minimum atomic E-state index is -0.556. The smallest absolute Gasteiger partial charge is 0.288 e. The molecule has 1 heterocycles. The van der Waals surface area contributed by atoms with Gasteiger partial charge in [-0.15, -0.1) is 0 Å². The molecule has 1 aromatic heterocycles. The first-order valence-electron chi connectivity index (χ1n) is 4.74. The summed E-state index contributed by atoms with van der Waals surface area (Å²) in [5, 5.41) is 10.6. The number of nitrogens with zero attached hydrogens (tertiary/aromatic N) is 2. The summed E-state index contributed by atoms with van der Waals surface area (Å²) in [6, 6.07) is 6.82. The first-order valence-corrected chi connectivity index (χ1v) is 4.74. The van der Waals surface area contributed by atoms with Crippen molar-refractivity contribution in [1.29, 1.82) is 0 Å². The minimum absolute atomic E-state index is 0.154. The molecular formula is C11H8FN3O2. The zero-order valence-electron chi connectivity index (χ0n) is 8.63. The van der Waals surface area contributed by atoms with Crippen LogP contribution in [-0.4, -0.2) is 9.91 Å². The summed E-state index contributed by atoms with van der Waals surface area (Å²) in [5.74, 6) is -0.215. The Kier molecular flexibility index (Phi) is 2.70. The molecule has 0 amide bonds. The van der Waals surface area contributed by atoms with Gasteiger partial charge in [0, 0.05) is 11.6 Å². The average molecular weight is 233 g/mol. The van der Waals surface area contributed by atoms with E-state index >= 15 is 0 Å². The standard InChI is InChI=1S/C11H8FN3O2/c12-8-3-1-7(2-4-8)10-5-9(15(16)17)6-14-11(10)13/h1-6H,(H2,13,14). The summed E-state index contributed by atoms with van der Waals surface area (Å²) in [6.07, 6.45) is 1.09. The molecule has 0 spiro atoms. The molecule has 86 valence electrons. The van der Waals surface area contributed by atoms with Crippen molar-refractivity contribution >= 4 is 11.5 Å². The van der Waals surface area contributed by atoms with E-state index in [0.717, 1.165) is 6.20 Å². The van der Waals surface area contributed by atoms with Crippen molar-refractivity contribution in [3.05, 3.63) is 52.5 Å². The third-order valence-electron chi connectivity index (χ3n) is 2.27. The van der Waals surface area contributed by atoms with Crippen LogP contribution in [0.15, 0.2) is 36.5 Å². The molecule has 0 saturated heterocycles. The van der Waals surface area contributed by atoms with Gasteiger partial charge in [0.2, 0.25) is 0 Å². The van der Waals surface area contributed by atoms with E-state index in [0.29, 0.717) is 11.1 Å². The Bertz CT molecular complexity index is 569. The molecule has 0 saturated carbocycles. The van der Waals surface area contributed by atoms with E-state index < -0.39 is 4.92 Å². The van der Waals surface area contributed by atoms with Gasteiger partial charge in [0.15, 0.2) is 0 Å². The van der Waals surface area contributed by atoms with Crippen LogP contribution in [-0.2, 0) is 0 Å². The topological polar surface area (TPSA) is 82.0 Å². The lowest BCUT2D eigenvalue weighted by molar-refractivity contribution is -0.385. The lowest BCUT2D eigenvalue weighted by Crippen LogP contribution is -1.97. The maximum Gasteiger partial charge on any atom is 0.288 e. The van der Waals surface area contributed by atoms with Crippen LogP contribution in [0.5, 0.6) is 0 Å². The number of hydrogen-bond acceptors (Lipinski definition) is 4. The molecule has 0 aliphatic rings. The van der Waals surface area contributed by atoms with Crippen molar-refractivity contribution in [3.63, 3.8) is 0 Å².